The predicted molar refractivity (Wildman–Crippen MR) is 156 cm³/mol. The topological polar surface area (TPSA) is 106 Å². The molecule has 1 aliphatic carbocycles. The first-order valence-electron chi connectivity index (χ1n) is 14.3. The van der Waals surface area contributed by atoms with Crippen LogP contribution in [0.15, 0.2) is 63.8 Å². The quantitative estimate of drug-likeness (QED) is 0.389. The van der Waals surface area contributed by atoms with Crippen LogP contribution in [0.3, 0.4) is 0 Å². The van der Waals surface area contributed by atoms with Crippen LogP contribution >= 0.6 is 11.6 Å². The average Bonchev–Trinajstić information content (AvgIpc) is 3.01. The van der Waals surface area contributed by atoms with Gasteiger partial charge < -0.3 is 19.4 Å². The molecule has 8 nitrogen and oxygen atoms in total. The Kier molecular flexibility index (Phi) is 8.78. The molecule has 41 heavy (non-hydrogen) atoms. The lowest BCUT2D eigenvalue weighted by Gasteiger charge is -2.46. The van der Waals surface area contributed by atoms with Gasteiger partial charge in [0, 0.05) is 30.6 Å². The van der Waals surface area contributed by atoms with Crippen molar-refractivity contribution >= 4 is 40.4 Å². The summed E-state index contributed by atoms with van der Waals surface area (Å²) in [5.41, 5.74) is 0.185. The molecule has 1 aromatic heterocycles. The number of rotatable bonds is 7. The van der Waals surface area contributed by atoms with Crippen LogP contribution in [0, 0.1) is 11.3 Å². The minimum Gasteiger partial charge on any atom is -0.469 e. The van der Waals surface area contributed by atoms with E-state index in [-0.39, 0.29) is 35.4 Å². The number of carbonyl (C=O) groups excluding carboxylic acids is 3. The summed E-state index contributed by atoms with van der Waals surface area (Å²) < 4.78 is 11.0. The molecule has 1 saturated heterocycles. The number of hydrogen-bond donors (Lipinski definition) is 1. The molecule has 9 heteroatoms. The van der Waals surface area contributed by atoms with Crippen LogP contribution in [-0.2, 0) is 20.7 Å². The highest BCUT2D eigenvalue weighted by molar-refractivity contribution is 6.30. The summed E-state index contributed by atoms with van der Waals surface area (Å²) in [6.07, 6.45) is 6.65. The summed E-state index contributed by atoms with van der Waals surface area (Å²) in [7, 11) is 1.44. The summed E-state index contributed by atoms with van der Waals surface area (Å²) in [6.45, 7) is 0.783. The summed E-state index contributed by atoms with van der Waals surface area (Å²) in [5.74, 6) is -1.000. The fourth-order valence-corrected chi connectivity index (χ4v) is 6.61. The Morgan fingerprint density at radius 3 is 2.41 bits per heavy atom. The number of likely N-dealkylation sites (tertiary alicyclic amines) is 1. The van der Waals surface area contributed by atoms with Crippen molar-refractivity contribution in [1.82, 2.24) is 10.2 Å². The third kappa shape index (κ3) is 6.17. The van der Waals surface area contributed by atoms with Crippen molar-refractivity contribution in [1.29, 1.82) is 0 Å². The number of fused-ring (bicyclic) bond motifs is 1. The van der Waals surface area contributed by atoms with E-state index in [1.165, 1.54) is 13.5 Å². The number of piperidine rings is 1. The van der Waals surface area contributed by atoms with Crippen LogP contribution in [0.5, 0.6) is 0 Å². The molecule has 2 fully saturated rings. The molecule has 0 bridgehead atoms. The van der Waals surface area contributed by atoms with Crippen LogP contribution in [0.25, 0.3) is 11.0 Å². The van der Waals surface area contributed by atoms with Gasteiger partial charge in [0.05, 0.1) is 17.9 Å². The van der Waals surface area contributed by atoms with E-state index < -0.39 is 17.4 Å². The van der Waals surface area contributed by atoms with Gasteiger partial charge >= 0.3 is 5.97 Å². The zero-order valence-corrected chi connectivity index (χ0v) is 24.0. The molecule has 216 valence electrons. The van der Waals surface area contributed by atoms with Crippen molar-refractivity contribution in [3.05, 3.63) is 81.2 Å². The highest BCUT2D eigenvalue weighted by Gasteiger charge is 2.49. The van der Waals surface area contributed by atoms with E-state index in [9.17, 15) is 19.2 Å². The second-order valence-corrected chi connectivity index (χ2v) is 11.6. The summed E-state index contributed by atoms with van der Waals surface area (Å²) in [5, 5.41) is 3.76. The SMILES string of the molecule is COC(=O)C1(C2CCCCC2)CCN(C(=O)[C@@H](Cc2ccc(Cl)cc2)NC(=O)c2cc(=O)c3ccccc3o2)CC1. The monoisotopic (exact) mass is 578 g/mol. The maximum Gasteiger partial charge on any atom is 0.312 e. The van der Waals surface area contributed by atoms with Crippen LogP contribution < -0.4 is 10.7 Å². The van der Waals surface area contributed by atoms with Gasteiger partial charge in [-0.05, 0) is 61.4 Å². The average molecular weight is 579 g/mol. The largest absolute Gasteiger partial charge is 0.469 e. The molecule has 3 aromatic rings. The zero-order valence-electron chi connectivity index (χ0n) is 23.2. The predicted octanol–water partition coefficient (Wildman–Crippen LogP) is 5.15. The third-order valence-electron chi connectivity index (χ3n) is 8.76. The van der Waals surface area contributed by atoms with Gasteiger partial charge in [0.25, 0.3) is 5.91 Å². The molecule has 1 N–H and O–H groups in total. The van der Waals surface area contributed by atoms with Gasteiger partial charge in [-0.2, -0.15) is 0 Å². The van der Waals surface area contributed by atoms with Gasteiger partial charge in [-0.25, -0.2) is 0 Å². The van der Waals surface area contributed by atoms with Crippen molar-refractivity contribution in [2.45, 2.75) is 57.4 Å². The van der Waals surface area contributed by atoms with Gasteiger partial charge in [0.1, 0.15) is 11.6 Å². The Bertz CT molecular complexity index is 1470. The zero-order chi connectivity index (χ0) is 29.0. The Morgan fingerprint density at radius 1 is 1.05 bits per heavy atom. The maximum absolute atomic E-state index is 13.9. The third-order valence-corrected chi connectivity index (χ3v) is 9.01. The van der Waals surface area contributed by atoms with Gasteiger partial charge in [0.2, 0.25) is 5.91 Å². The Labute approximate surface area is 244 Å². The number of ether oxygens (including phenoxy) is 1. The smallest absolute Gasteiger partial charge is 0.312 e. The molecular formula is C32H35ClN2O6. The van der Waals surface area contributed by atoms with Crippen molar-refractivity contribution in [2.75, 3.05) is 20.2 Å². The van der Waals surface area contributed by atoms with E-state index in [1.54, 1.807) is 41.3 Å². The minimum atomic E-state index is -0.916. The molecular weight excluding hydrogens is 544 g/mol. The fraction of sp³-hybridized carbons (Fsp3) is 0.438. The number of amides is 2. The second kappa shape index (κ2) is 12.5. The molecule has 1 aliphatic heterocycles. The van der Waals surface area contributed by atoms with E-state index in [0.29, 0.717) is 41.9 Å². The fourth-order valence-electron chi connectivity index (χ4n) is 6.49. The Morgan fingerprint density at radius 2 is 1.73 bits per heavy atom. The first-order chi connectivity index (χ1) is 19.8. The number of halogens is 1. The molecule has 1 saturated carbocycles. The Balaban J connectivity index is 1.37. The van der Waals surface area contributed by atoms with E-state index in [1.807, 2.05) is 12.1 Å². The summed E-state index contributed by atoms with van der Waals surface area (Å²) in [4.78, 5) is 54.6. The first kappa shape index (κ1) is 28.9. The number of nitrogens with one attached hydrogen (secondary N) is 1. The van der Waals surface area contributed by atoms with Gasteiger partial charge in [0.15, 0.2) is 11.2 Å². The lowest BCUT2D eigenvalue weighted by atomic mass is 9.63. The van der Waals surface area contributed by atoms with Crippen molar-refractivity contribution in [3.8, 4) is 0 Å². The van der Waals surface area contributed by atoms with Gasteiger partial charge in [-0.1, -0.05) is 55.1 Å². The molecule has 5 rings (SSSR count). The summed E-state index contributed by atoms with van der Waals surface area (Å²) in [6, 6.07) is 14.0. The minimum absolute atomic E-state index is 0.164. The normalized spacial score (nSPS) is 18.0. The number of benzene rings is 2. The number of nitrogens with zero attached hydrogens (tertiary/aromatic N) is 1. The molecule has 2 aliphatic rings. The molecule has 1 atom stereocenters. The van der Waals surface area contributed by atoms with Crippen LogP contribution in [0.2, 0.25) is 5.02 Å². The highest BCUT2D eigenvalue weighted by atomic mass is 35.5. The number of esters is 1. The van der Waals surface area contributed by atoms with E-state index in [4.69, 9.17) is 20.8 Å². The van der Waals surface area contributed by atoms with Crippen molar-refractivity contribution < 1.29 is 23.5 Å². The molecule has 0 spiro atoms. The number of methoxy groups -OCH3 is 1. The van der Waals surface area contributed by atoms with Gasteiger partial charge in [-0.15, -0.1) is 0 Å². The molecule has 2 heterocycles. The van der Waals surface area contributed by atoms with Gasteiger partial charge in [-0.3, -0.25) is 19.2 Å². The molecule has 0 radical (unpaired) electrons. The maximum atomic E-state index is 13.9. The number of carbonyl (C=O) groups is 3. The molecule has 2 aromatic carbocycles. The van der Waals surface area contributed by atoms with Crippen LogP contribution in [-0.4, -0.2) is 48.9 Å². The second-order valence-electron chi connectivity index (χ2n) is 11.1. The highest BCUT2D eigenvalue weighted by Crippen LogP contribution is 2.46. The first-order valence-corrected chi connectivity index (χ1v) is 14.6. The van der Waals surface area contributed by atoms with E-state index in [0.717, 1.165) is 37.3 Å². The summed E-state index contributed by atoms with van der Waals surface area (Å²) >= 11 is 6.06. The van der Waals surface area contributed by atoms with E-state index >= 15 is 0 Å². The Hall–Kier alpha value is -3.65. The van der Waals surface area contributed by atoms with Crippen molar-refractivity contribution in [3.63, 3.8) is 0 Å². The van der Waals surface area contributed by atoms with E-state index in [2.05, 4.69) is 5.32 Å². The van der Waals surface area contributed by atoms with Crippen LogP contribution in [0.1, 0.15) is 61.1 Å². The number of para-hydroxylation sites is 1. The van der Waals surface area contributed by atoms with Crippen LogP contribution in [0.4, 0.5) is 0 Å². The standard InChI is InChI=1S/C32H35ClN2O6/c1-40-31(39)32(22-7-3-2-4-8-22)15-17-35(18-16-32)30(38)25(19-21-11-13-23(33)14-12-21)34-29(37)28-20-26(36)24-9-5-6-10-27(24)41-28/h5-6,9-14,20,22,25H,2-4,7-8,15-19H2,1H3,(H,34,37)/t25-/m1/s1. The molecule has 0 unspecified atom stereocenters. The lowest BCUT2D eigenvalue weighted by molar-refractivity contribution is -0.164. The van der Waals surface area contributed by atoms with Crippen molar-refractivity contribution in [2.24, 2.45) is 11.3 Å². The lowest BCUT2D eigenvalue weighted by Crippen LogP contribution is -2.55. The number of hydrogen-bond acceptors (Lipinski definition) is 6. The molecule has 2 amide bonds.